The van der Waals surface area contributed by atoms with E-state index in [1.54, 1.807) is 6.20 Å². The minimum absolute atomic E-state index is 0.196. The zero-order chi connectivity index (χ0) is 16.9. The number of hydrogen-bond donors (Lipinski definition) is 0. The van der Waals surface area contributed by atoms with Crippen molar-refractivity contribution in [2.45, 2.75) is 39.0 Å². The Morgan fingerprint density at radius 2 is 2.17 bits per heavy atom. The number of carbonyl (C=O) groups is 1. The summed E-state index contributed by atoms with van der Waals surface area (Å²) in [5.41, 5.74) is 0.825. The average Bonchev–Trinajstić information content (AvgIpc) is 2.94. The van der Waals surface area contributed by atoms with Crippen molar-refractivity contribution in [1.29, 1.82) is 0 Å². The first kappa shape index (κ1) is 17.0. The van der Waals surface area contributed by atoms with Crippen LogP contribution < -0.4 is 0 Å². The van der Waals surface area contributed by atoms with Gasteiger partial charge >= 0.3 is 0 Å². The van der Waals surface area contributed by atoms with Gasteiger partial charge in [0, 0.05) is 31.5 Å². The number of oxazole rings is 1. The number of halogens is 1. The molecule has 24 heavy (non-hydrogen) atoms. The van der Waals surface area contributed by atoms with Gasteiger partial charge in [-0.3, -0.25) is 4.79 Å². The maximum absolute atomic E-state index is 12.4. The molecule has 2 aromatic rings. The number of aryl methyl sites for hydroxylation is 1. The third kappa shape index (κ3) is 4.18. The Kier molecular flexibility index (Phi) is 5.56. The molecule has 0 radical (unpaired) electrons. The molecule has 0 aliphatic carbocycles. The number of hydrogen-bond acceptors (Lipinski definition) is 3. The summed E-state index contributed by atoms with van der Waals surface area (Å²) in [7, 11) is 0. The number of likely N-dealkylation sites (tertiary alicyclic amines) is 1. The van der Waals surface area contributed by atoms with Gasteiger partial charge in [0.1, 0.15) is 0 Å². The van der Waals surface area contributed by atoms with Gasteiger partial charge in [0.25, 0.3) is 0 Å². The molecule has 0 unspecified atom stereocenters. The maximum atomic E-state index is 12.4. The number of carbonyl (C=O) groups excluding carboxylic acids is 1. The molecule has 1 aliphatic rings. The largest absolute Gasteiger partial charge is 0.441 e. The first-order valence-electron chi connectivity index (χ1n) is 8.61. The van der Waals surface area contributed by atoms with Crippen LogP contribution in [0.4, 0.5) is 0 Å². The van der Waals surface area contributed by atoms with E-state index in [2.05, 4.69) is 11.9 Å². The Labute approximate surface area is 147 Å². The molecule has 1 fully saturated rings. The van der Waals surface area contributed by atoms with E-state index in [0.29, 0.717) is 35.4 Å². The Hall–Kier alpha value is -1.81. The molecule has 1 saturated heterocycles. The number of amides is 1. The number of nitrogens with zero attached hydrogens (tertiary/aromatic N) is 2. The molecule has 1 atom stereocenters. The van der Waals surface area contributed by atoms with Gasteiger partial charge in [0.15, 0.2) is 11.7 Å². The Morgan fingerprint density at radius 1 is 1.33 bits per heavy atom. The second-order valence-corrected chi connectivity index (χ2v) is 6.92. The third-order valence-corrected chi connectivity index (χ3v) is 4.94. The zero-order valence-corrected chi connectivity index (χ0v) is 14.8. The predicted molar refractivity (Wildman–Crippen MR) is 94.9 cm³/mol. The molecule has 1 amide bonds. The standard InChI is InChI=1S/C19H23ClN2O2/c1-14-5-4-11-22(12-10-14)19(23)9-8-18-21-13-17(24-18)15-6-2-3-7-16(15)20/h2-3,6-7,13-14H,4-5,8-12H2,1H3/t14-/m1/s1. The van der Waals surface area contributed by atoms with Crippen LogP contribution in [0.5, 0.6) is 0 Å². The van der Waals surface area contributed by atoms with E-state index >= 15 is 0 Å². The Balaban J connectivity index is 1.57. The SMILES string of the molecule is C[C@@H]1CCCN(C(=O)CCc2ncc(-c3ccccc3Cl)o2)CC1. The van der Waals surface area contributed by atoms with Gasteiger partial charge in [0.2, 0.25) is 5.91 Å². The Bertz CT molecular complexity index is 698. The fraction of sp³-hybridized carbons (Fsp3) is 0.474. The molecule has 0 N–H and O–H groups in total. The molecule has 0 bridgehead atoms. The van der Waals surface area contributed by atoms with E-state index in [0.717, 1.165) is 31.5 Å². The van der Waals surface area contributed by atoms with Gasteiger partial charge in [-0.2, -0.15) is 0 Å². The van der Waals surface area contributed by atoms with E-state index < -0.39 is 0 Å². The lowest BCUT2D eigenvalue weighted by Gasteiger charge is -2.20. The predicted octanol–water partition coefficient (Wildman–Crippen LogP) is 4.58. The van der Waals surface area contributed by atoms with Crippen LogP contribution in [0.25, 0.3) is 11.3 Å². The molecule has 3 rings (SSSR count). The highest BCUT2D eigenvalue weighted by atomic mass is 35.5. The molecule has 128 valence electrons. The second kappa shape index (κ2) is 7.84. The quantitative estimate of drug-likeness (QED) is 0.814. The number of benzene rings is 1. The summed E-state index contributed by atoms with van der Waals surface area (Å²) < 4.78 is 5.76. The lowest BCUT2D eigenvalue weighted by molar-refractivity contribution is -0.131. The topological polar surface area (TPSA) is 46.3 Å². The molecule has 1 aliphatic heterocycles. The van der Waals surface area contributed by atoms with Gasteiger partial charge < -0.3 is 9.32 Å². The zero-order valence-electron chi connectivity index (χ0n) is 14.0. The molecule has 1 aromatic carbocycles. The van der Waals surface area contributed by atoms with Crippen molar-refractivity contribution in [3.8, 4) is 11.3 Å². The molecule has 1 aromatic heterocycles. The van der Waals surface area contributed by atoms with E-state index in [1.807, 2.05) is 29.2 Å². The average molecular weight is 347 g/mol. The smallest absolute Gasteiger partial charge is 0.223 e. The fourth-order valence-corrected chi connectivity index (χ4v) is 3.32. The van der Waals surface area contributed by atoms with Crippen LogP contribution in [0, 0.1) is 5.92 Å². The maximum Gasteiger partial charge on any atom is 0.223 e. The number of aromatic nitrogens is 1. The van der Waals surface area contributed by atoms with E-state index in [9.17, 15) is 4.79 Å². The van der Waals surface area contributed by atoms with Gasteiger partial charge in [0.05, 0.1) is 11.2 Å². The van der Waals surface area contributed by atoms with Gasteiger partial charge in [-0.1, -0.05) is 30.7 Å². The monoisotopic (exact) mass is 346 g/mol. The summed E-state index contributed by atoms with van der Waals surface area (Å²) in [6, 6.07) is 7.51. The van der Waals surface area contributed by atoms with Crippen molar-refractivity contribution < 1.29 is 9.21 Å². The van der Waals surface area contributed by atoms with E-state index in [4.69, 9.17) is 16.0 Å². The summed E-state index contributed by atoms with van der Waals surface area (Å²) >= 11 is 6.18. The fourth-order valence-electron chi connectivity index (χ4n) is 3.10. The van der Waals surface area contributed by atoms with Crippen molar-refractivity contribution in [1.82, 2.24) is 9.88 Å². The minimum Gasteiger partial charge on any atom is -0.441 e. The van der Waals surface area contributed by atoms with Crippen molar-refractivity contribution in [2.24, 2.45) is 5.92 Å². The molecule has 0 spiro atoms. The lowest BCUT2D eigenvalue weighted by Crippen LogP contribution is -2.32. The lowest BCUT2D eigenvalue weighted by atomic mass is 10.0. The molecule has 2 heterocycles. The highest BCUT2D eigenvalue weighted by Gasteiger charge is 2.19. The van der Waals surface area contributed by atoms with Crippen LogP contribution in [0.3, 0.4) is 0 Å². The van der Waals surface area contributed by atoms with Crippen LogP contribution in [0.2, 0.25) is 5.02 Å². The van der Waals surface area contributed by atoms with Gasteiger partial charge in [-0.05, 0) is 37.3 Å². The van der Waals surface area contributed by atoms with E-state index in [-0.39, 0.29) is 5.91 Å². The highest BCUT2D eigenvalue weighted by molar-refractivity contribution is 6.33. The van der Waals surface area contributed by atoms with Gasteiger partial charge in [-0.25, -0.2) is 4.98 Å². The third-order valence-electron chi connectivity index (χ3n) is 4.62. The second-order valence-electron chi connectivity index (χ2n) is 6.51. The van der Waals surface area contributed by atoms with Crippen LogP contribution in [0.1, 0.15) is 38.5 Å². The van der Waals surface area contributed by atoms with Crippen molar-refractivity contribution in [3.05, 3.63) is 41.4 Å². The molecular weight excluding hydrogens is 324 g/mol. The van der Waals surface area contributed by atoms with Crippen LogP contribution >= 0.6 is 11.6 Å². The summed E-state index contributed by atoms with van der Waals surface area (Å²) in [6.45, 7) is 4.01. The summed E-state index contributed by atoms with van der Waals surface area (Å²) in [6.07, 6.45) is 6.05. The van der Waals surface area contributed by atoms with Crippen molar-refractivity contribution >= 4 is 17.5 Å². The first-order chi connectivity index (χ1) is 11.6. The Morgan fingerprint density at radius 3 is 3.00 bits per heavy atom. The van der Waals surface area contributed by atoms with Crippen molar-refractivity contribution in [2.75, 3.05) is 13.1 Å². The molecule has 5 heteroatoms. The molecule has 0 saturated carbocycles. The van der Waals surface area contributed by atoms with E-state index in [1.165, 1.54) is 6.42 Å². The number of rotatable bonds is 4. The summed E-state index contributed by atoms with van der Waals surface area (Å²) in [5.74, 6) is 2.14. The van der Waals surface area contributed by atoms with Gasteiger partial charge in [-0.15, -0.1) is 0 Å². The first-order valence-corrected chi connectivity index (χ1v) is 8.98. The normalized spacial score (nSPS) is 18.4. The minimum atomic E-state index is 0.196. The summed E-state index contributed by atoms with van der Waals surface area (Å²) in [4.78, 5) is 18.7. The van der Waals surface area contributed by atoms with Crippen LogP contribution in [0.15, 0.2) is 34.9 Å². The van der Waals surface area contributed by atoms with Crippen LogP contribution in [-0.4, -0.2) is 28.9 Å². The summed E-state index contributed by atoms with van der Waals surface area (Å²) in [5, 5.41) is 0.634. The molecular formula is C19H23ClN2O2. The highest BCUT2D eigenvalue weighted by Crippen LogP contribution is 2.28. The van der Waals surface area contributed by atoms with Crippen molar-refractivity contribution in [3.63, 3.8) is 0 Å². The molecule has 4 nitrogen and oxygen atoms in total. The van der Waals surface area contributed by atoms with Crippen LogP contribution in [-0.2, 0) is 11.2 Å².